The molecule has 1 saturated heterocycles. The van der Waals surface area contributed by atoms with Crippen molar-refractivity contribution in [3.63, 3.8) is 0 Å². The Bertz CT molecular complexity index is 459. The molecule has 2 rings (SSSR count). The minimum absolute atomic E-state index is 0.225. The fourth-order valence-corrected chi connectivity index (χ4v) is 2.80. The summed E-state index contributed by atoms with van der Waals surface area (Å²) in [6.07, 6.45) is 1.55. The number of aliphatic hydroxyl groups is 1. The van der Waals surface area contributed by atoms with E-state index in [1.165, 1.54) is 13.2 Å². The monoisotopic (exact) mass is 268 g/mol. The van der Waals surface area contributed by atoms with E-state index >= 15 is 0 Å². The average molecular weight is 268 g/mol. The zero-order valence-corrected chi connectivity index (χ0v) is 11.7. The van der Waals surface area contributed by atoms with Gasteiger partial charge in [0.15, 0.2) is 11.6 Å². The molecule has 0 radical (unpaired) electrons. The molecule has 1 aromatic rings. The fourth-order valence-electron chi connectivity index (χ4n) is 2.80. The van der Waals surface area contributed by atoms with Gasteiger partial charge in [0.1, 0.15) is 0 Å². The van der Waals surface area contributed by atoms with Crippen LogP contribution in [0.2, 0.25) is 0 Å². The Hall–Kier alpha value is -1.13. The zero-order chi connectivity index (χ0) is 14.1. The van der Waals surface area contributed by atoms with E-state index in [-0.39, 0.29) is 11.4 Å². The molecule has 1 heterocycles. The Morgan fingerprint density at radius 3 is 2.74 bits per heavy atom. The van der Waals surface area contributed by atoms with Crippen molar-refractivity contribution >= 4 is 0 Å². The number of hydrogen-bond donors (Lipinski definition) is 1. The molecular formula is C15H21FO3. The maximum Gasteiger partial charge on any atom is 0.165 e. The molecule has 0 amide bonds. The van der Waals surface area contributed by atoms with Crippen LogP contribution in [0.15, 0.2) is 18.2 Å². The Morgan fingerprint density at radius 1 is 1.42 bits per heavy atom. The van der Waals surface area contributed by atoms with Crippen LogP contribution in [0.4, 0.5) is 4.39 Å². The summed E-state index contributed by atoms with van der Waals surface area (Å²) in [4.78, 5) is 0. The highest BCUT2D eigenvalue weighted by Crippen LogP contribution is 2.34. The van der Waals surface area contributed by atoms with Crippen LogP contribution in [0.25, 0.3) is 0 Å². The van der Waals surface area contributed by atoms with Crippen molar-refractivity contribution in [2.45, 2.75) is 44.3 Å². The van der Waals surface area contributed by atoms with Gasteiger partial charge in [0.2, 0.25) is 0 Å². The molecule has 1 atom stereocenters. The molecule has 1 N–H and O–H groups in total. The van der Waals surface area contributed by atoms with Crippen molar-refractivity contribution in [3.8, 4) is 5.75 Å². The number of halogens is 1. The normalized spacial score (nSPS) is 26.2. The van der Waals surface area contributed by atoms with E-state index in [4.69, 9.17) is 9.47 Å². The van der Waals surface area contributed by atoms with Gasteiger partial charge in [-0.05, 0) is 38.0 Å². The van der Waals surface area contributed by atoms with Crippen LogP contribution < -0.4 is 4.74 Å². The molecule has 0 spiro atoms. The van der Waals surface area contributed by atoms with E-state index in [1.54, 1.807) is 12.1 Å². The Labute approximate surface area is 113 Å². The van der Waals surface area contributed by atoms with Crippen molar-refractivity contribution in [1.82, 2.24) is 0 Å². The van der Waals surface area contributed by atoms with Crippen LogP contribution in [0.3, 0.4) is 0 Å². The Morgan fingerprint density at radius 2 is 2.16 bits per heavy atom. The molecule has 3 nitrogen and oxygen atoms in total. The van der Waals surface area contributed by atoms with Crippen LogP contribution in [0, 0.1) is 5.82 Å². The first-order valence-corrected chi connectivity index (χ1v) is 6.52. The SMILES string of the molecule is COc1ccc(CC2(O)CCOC(C)(C)C2)cc1F. The molecule has 1 fully saturated rings. The second kappa shape index (κ2) is 5.10. The van der Waals surface area contributed by atoms with Crippen molar-refractivity contribution in [2.75, 3.05) is 13.7 Å². The molecule has 0 bridgehead atoms. The molecule has 106 valence electrons. The van der Waals surface area contributed by atoms with Gasteiger partial charge in [0, 0.05) is 12.8 Å². The van der Waals surface area contributed by atoms with E-state index < -0.39 is 11.4 Å². The third-order valence-corrected chi connectivity index (χ3v) is 3.56. The third-order valence-electron chi connectivity index (χ3n) is 3.56. The van der Waals surface area contributed by atoms with Gasteiger partial charge in [-0.25, -0.2) is 4.39 Å². The number of ether oxygens (including phenoxy) is 2. The van der Waals surface area contributed by atoms with Crippen molar-refractivity contribution in [2.24, 2.45) is 0 Å². The first-order chi connectivity index (χ1) is 8.84. The highest BCUT2D eigenvalue weighted by Gasteiger charge is 2.39. The molecule has 1 unspecified atom stereocenters. The van der Waals surface area contributed by atoms with E-state index in [9.17, 15) is 9.50 Å². The minimum Gasteiger partial charge on any atom is -0.494 e. The number of benzene rings is 1. The van der Waals surface area contributed by atoms with Gasteiger partial charge in [-0.3, -0.25) is 0 Å². The minimum atomic E-state index is -0.831. The summed E-state index contributed by atoms with van der Waals surface area (Å²) in [7, 11) is 1.44. The van der Waals surface area contributed by atoms with Gasteiger partial charge in [0.05, 0.1) is 24.9 Å². The molecule has 19 heavy (non-hydrogen) atoms. The summed E-state index contributed by atoms with van der Waals surface area (Å²) >= 11 is 0. The quantitative estimate of drug-likeness (QED) is 0.916. The lowest BCUT2D eigenvalue weighted by Crippen LogP contribution is -2.47. The molecule has 0 aromatic heterocycles. The number of hydrogen-bond acceptors (Lipinski definition) is 3. The van der Waals surface area contributed by atoms with Gasteiger partial charge >= 0.3 is 0 Å². The molecule has 1 aliphatic heterocycles. The average Bonchev–Trinajstić information content (AvgIpc) is 2.26. The maximum absolute atomic E-state index is 13.7. The summed E-state index contributed by atoms with van der Waals surface area (Å²) in [5.74, 6) is -0.169. The second-order valence-electron chi connectivity index (χ2n) is 5.90. The van der Waals surface area contributed by atoms with Gasteiger partial charge in [0.25, 0.3) is 0 Å². The van der Waals surface area contributed by atoms with Gasteiger partial charge in [-0.15, -0.1) is 0 Å². The van der Waals surface area contributed by atoms with E-state index in [0.717, 1.165) is 5.56 Å². The topological polar surface area (TPSA) is 38.7 Å². The van der Waals surface area contributed by atoms with Crippen molar-refractivity contribution in [3.05, 3.63) is 29.6 Å². The lowest BCUT2D eigenvalue weighted by atomic mass is 9.80. The van der Waals surface area contributed by atoms with Gasteiger partial charge < -0.3 is 14.6 Å². The van der Waals surface area contributed by atoms with Crippen LogP contribution >= 0.6 is 0 Å². The molecule has 0 saturated carbocycles. The predicted molar refractivity (Wildman–Crippen MR) is 70.9 cm³/mol. The van der Waals surface area contributed by atoms with E-state index in [1.807, 2.05) is 13.8 Å². The summed E-state index contributed by atoms with van der Waals surface area (Å²) < 4.78 is 24.1. The summed E-state index contributed by atoms with van der Waals surface area (Å²) in [5, 5.41) is 10.6. The highest BCUT2D eigenvalue weighted by molar-refractivity contribution is 5.30. The lowest BCUT2D eigenvalue weighted by Gasteiger charge is -2.41. The van der Waals surface area contributed by atoms with E-state index in [2.05, 4.69) is 0 Å². The third kappa shape index (κ3) is 3.45. The largest absolute Gasteiger partial charge is 0.494 e. The van der Waals surface area contributed by atoms with Crippen LogP contribution in [0.5, 0.6) is 5.75 Å². The molecule has 4 heteroatoms. The summed E-state index contributed by atoms with van der Waals surface area (Å²) in [6, 6.07) is 4.82. The lowest BCUT2D eigenvalue weighted by molar-refractivity contribution is -0.143. The summed E-state index contributed by atoms with van der Waals surface area (Å²) in [5.41, 5.74) is -0.389. The van der Waals surface area contributed by atoms with E-state index in [0.29, 0.717) is 25.9 Å². The van der Waals surface area contributed by atoms with Crippen molar-refractivity contribution < 1.29 is 19.0 Å². The standard InChI is InChI=1S/C15H21FO3/c1-14(2)10-15(17,6-7-19-14)9-11-4-5-13(18-3)12(16)8-11/h4-5,8,17H,6-7,9-10H2,1-3H3. The van der Waals surface area contributed by atoms with Gasteiger partial charge in [-0.2, -0.15) is 0 Å². The Kier molecular flexibility index (Phi) is 3.83. The molecule has 1 aromatic carbocycles. The van der Waals surface area contributed by atoms with Gasteiger partial charge in [-0.1, -0.05) is 6.07 Å². The first kappa shape index (κ1) is 14.3. The van der Waals surface area contributed by atoms with Crippen LogP contribution in [0.1, 0.15) is 32.3 Å². The second-order valence-corrected chi connectivity index (χ2v) is 5.90. The predicted octanol–water partition coefficient (Wildman–Crippen LogP) is 2.70. The molecule has 1 aliphatic rings. The number of rotatable bonds is 3. The zero-order valence-electron chi connectivity index (χ0n) is 11.7. The van der Waals surface area contributed by atoms with Crippen molar-refractivity contribution in [1.29, 1.82) is 0 Å². The highest BCUT2D eigenvalue weighted by atomic mass is 19.1. The summed E-state index contributed by atoms with van der Waals surface area (Å²) in [6.45, 7) is 4.46. The maximum atomic E-state index is 13.7. The Balaban J connectivity index is 2.14. The fraction of sp³-hybridized carbons (Fsp3) is 0.600. The van der Waals surface area contributed by atoms with Crippen LogP contribution in [-0.4, -0.2) is 30.0 Å². The number of methoxy groups -OCH3 is 1. The molecular weight excluding hydrogens is 247 g/mol. The molecule has 0 aliphatic carbocycles. The smallest absolute Gasteiger partial charge is 0.165 e. The first-order valence-electron chi connectivity index (χ1n) is 6.52. The van der Waals surface area contributed by atoms with Crippen LogP contribution in [-0.2, 0) is 11.2 Å².